The lowest BCUT2D eigenvalue weighted by Crippen LogP contribution is -2.30. The Morgan fingerprint density at radius 3 is 3.12 bits per heavy atom. The van der Waals surface area contributed by atoms with Crippen LogP contribution in [0, 0.1) is 0 Å². The summed E-state index contributed by atoms with van der Waals surface area (Å²) in [5.41, 5.74) is 4.94. The predicted octanol–water partition coefficient (Wildman–Crippen LogP) is 0.692. The van der Waals surface area contributed by atoms with Crippen LogP contribution in [0.1, 0.15) is 19.1 Å². The van der Waals surface area contributed by atoms with Crippen LogP contribution in [-0.2, 0) is 16.0 Å². The van der Waals surface area contributed by atoms with E-state index in [4.69, 9.17) is 14.9 Å². The Kier molecular flexibility index (Phi) is 6.35. The average molecular weight is 240 g/mol. The van der Waals surface area contributed by atoms with Crippen molar-refractivity contribution in [2.24, 2.45) is 5.73 Å². The molecule has 5 nitrogen and oxygen atoms in total. The molecule has 96 valence electrons. The van der Waals surface area contributed by atoms with Gasteiger partial charge in [0.1, 0.15) is 12.4 Å². The van der Waals surface area contributed by atoms with E-state index in [0.29, 0.717) is 19.2 Å². The zero-order valence-electron chi connectivity index (χ0n) is 10.1. The van der Waals surface area contributed by atoms with Gasteiger partial charge in [0, 0.05) is 19.0 Å². The number of carbonyl (C=O) groups excluding carboxylic acids is 1. The number of furan rings is 1. The van der Waals surface area contributed by atoms with Crippen molar-refractivity contribution in [2.45, 2.75) is 25.8 Å². The lowest BCUT2D eigenvalue weighted by atomic mass is 10.1. The number of nitrogens with one attached hydrogen (secondary N) is 1. The Balaban J connectivity index is 1.97. The summed E-state index contributed by atoms with van der Waals surface area (Å²) in [5, 5.41) is 3.30. The van der Waals surface area contributed by atoms with Crippen LogP contribution in [0.25, 0.3) is 0 Å². The molecule has 0 bridgehead atoms. The number of aryl methyl sites for hydroxylation is 1. The van der Waals surface area contributed by atoms with Gasteiger partial charge in [0.2, 0.25) is 5.91 Å². The van der Waals surface area contributed by atoms with Crippen molar-refractivity contribution in [3.05, 3.63) is 24.2 Å². The molecule has 0 fully saturated rings. The van der Waals surface area contributed by atoms with E-state index in [-0.39, 0.29) is 6.61 Å². The summed E-state index contributed by atoms with van der Waals surface area (Å²) in [7, 11) is 0. The maximum atomic E-state index is 10.4. The van der Waals surface area contributed by atoms with Crippen molar-refractivity contribution in [3.8, 4) is 0 Å². The van der Waals surface area contributed by atoms with Crippen molar-refractivity contribution in [1.82, 2.24) is 5.32 Å². The van der Waals surface area contributed by atoms with E-state index in [1.807, 2.05) is 12.1 Å². The van der Waals surface area contributed by atoms with Crippen LogP contribution in [0.4, 0.5) is 0 Å². The average Bonchev–Trinajstić information content (AvgIpc) is 2.78. The lowest BCUT2D eigenvalue weighted by molar-refractivity contribution is -0.122. The summed E-state index contributed by atoms with van der Waals surface area (Å²) in [6.45, 7) is 3.31. The highest BCUT2D eigenvalue weighted by Crippen LogP contribution is 2.05. The number of rotatable bonds is 9. The second-order valence-electron chi connectivity index (χ2n) is 3.99. The Bertz CT molecular complexity index is 312. The van der Waals surface area contributed by atoms with Crippen molar-refractivity contribution in [3.63, 3.8) is 0 Å². The number of nitrogens with two attached hydrogens (primary N) is 1. The first-order valence-electron chi connectivity index (χ1n) is 5.80. The molecule has 0 aliphatic carbocycles. The molecule has 0 saturated heterocycles. The first-order chi connectivity index (χ1) is 8.18. The Morgan fingerprint density at radius 2 is 2.47 bits per heavy atom. The number of primary amides is 1. The SMILES string of the molecule is CC(CCc1ccco1)NCCOCC(N)=O. The molecule has 1 unspecified atom stereocenters. The molecular formula is C12H20N2O3. The van der Waals surface area contributed by atoms with Crippen molar-refractivity contribution in [2.75, 3.05) is 19.8 Å². The van der Waals surface area contributed by atoms with E-state index in [9.17, 15) is 4.79 Å². The van der Waals surface area contributed by atoms with Crippen LogP contribution < -0.4 is 11.1 Å². The summed E-state index contributed by atoms with van der Waals surface area (Å²) in [6, 6.07) is 4.26. The Labute approximate surface area is 101 Å². The van der Waals surface area contributed by atoms with Crippen molar-refractivity contribution < 1.29 is 13.9 Å². The molecule has 17 heavy (non-hydrogen) atoms. The van der Waals surface area contributed by atoms with Gasteiger partial charge in [-0.05, 0) is 25.5 Å². The van der Waals surface area contributed by atoms with Gasteiger partial charge in [-0.3, -0.25) is 4.79 Å². The van der Waals surface area contributed by atoms with E-state index >= 15 is 0 Å². The fourth-order valence-corrected chi connectivity index (χ4v) is 1.47. The van der Waals surface area contributed by atoms with Gasteiger partial charge in [-0.25, -0.2) is 0 Å². The molecule has 1 atom stereocenters. The molecule has 0 aromatic carbocycles. The number of hydrogen-bond acceptors (Lipinski definition) is 4. The van der Waals surface area contributed by atoms with Crippen LogP contribution >= 0.6 is 0 Å². The molecule has 5 heteroatoms. The van der Waals surface area contributed by atoms with E-state index in [2.05, 4.69) is 12.2 Å². The second kappa shape index (κ2) is 7.86. The van der Waals surface area contributed by atoms with E-state index in [1.54, 1.807) is 6.26 Å². The maximum Gasteiger partial charge on any atom is 0.243 e. The molecule has 0 aliphatic heterocycles. The van der Waals surface area contributed by atoms with Crippen molar-refractivity contribution >= 4 is 5.91 Å². The standard InChI is InChI=1S/C12H20N2O3/c1-10(4-5-11-3-2-7-17-11)14-6-8-16-9-12(13)15/h2-3,7,10,14H,4-6,8-9H2,1H3,(H2,13,15). The molecule has 0 radical (unpaired) electrons. The highest BCUT2D eigenvalue weighted by atomic mass is 16.5. The third-order valence-corrected chi connectivity index (χ3v) is 2.39. The highest BCUT2D eigenvalue weighted by molar-refractivity contribution is 5.74. The fourth-order valence-electron chi connectivity index (χ4n) is 1.47. The Morgan fingerprint density at radius 1 is 1.65 bits per heavy atom. The normalized spacial score (nSPS) is 12.5. The third-order valence-electron chi connectivity index (χ3n) is 2.39. The molecule has 3 N–H and O–H groups in total. The van der Waals surface area contributed by atoms with Crippen molar-refractivity contribution in [1.29, 1.82) is 0 Å². The predicted molar refractivity (Wildman–Crippen MR) is 64.5 cm³/mol. The minimum atomic E-state index is -0.434. The van der Waals surface area contributed by atoms with Gasteiger partial charge in [0.05, 0.1) is 12.9 Å². The molecule has 0 spiro atoms. The Hall–Kier alpha value is -1.33. The molecule has 1 rings (SSSR count). The molecule has 1 aromatic heterocycles. The van der Waals surface area contributed by atoms with Gasteiger partial charge in [0.25, 0.3) is 0 Å². The van der Waals surface area contributed by atoms with Crippen LogP contribution in [0.15, 0.2) is 22.8 Å². The summed E-state index contributed by atoms with van der Waals surface area (Å²) < 4.78 is 10.3. The van der Waals surface area contributed by atoms with E-state index < -0.39 is 5.91 Å². The number of ether oxygens (including phenoxy) is 1. The third kappa shape index (κ3) is 6.76. The van der Waals surface area contributed by atoms with Gasteiger partial charge < -0.3 is 20.2 Å². The van der Waals surface area contributed by atoms with Gasteiger partial charge in [-0.15, -0.1) is 0 Å². The quantitative estimate of drug-likeness (QED) is 0.623. The number of amides is 1. The summed E-state index contributed by atoms with van der Waals surface area (Å²) >= 11 is 0. The smallest absolute Gasteiger partial charge is 0.243 e. The summed E-state index contributed by atoms with van der Waals surface area (Å²) in [6.07, 6.45) is 3.61. The number of hydrogen-bond donors (Lipinski definition) is 2. The first kappa shape index (κ1) is 13.7. The van der Waals surface area contributed by atoms with Crippen LogP contribution in [0.5, 0.6) is 0 Å². The van der Waals surface area contributed by atoms with Crippen LogP contribution in [0.2, 0.25) is 0 Å². The van der Waals surface area contributed by atoms with Crippen LogP contribution in [0.3, 0.4) is 0 Å². The lowest BCUT2D eigenvalue weighted by Gasteiger charge is -2.12. The largest absolute Gasteiger partial charge is 0.469 e. The zero-order chi connectivity index (χ0) is 12.5. The van der Waals surface area contributed by atoms with Gasteiger partial charge in [0.15, 0.2) is 0 Å². The van der Waals surface area contributed by atoms with Crippen LogP contribution in [-0.4, -0.2) is 31.7 Å². The molecule has 1 amide bonds. The molecule has 0 saturated carbocycles. The minimum absolute atomic E-state index is 0.0115. The summed E-state index contributed by atoms with van der Waals surface area (Å²) in [5.74, 6) is 0.569. The second-order valence-corrected chi connectivity index (χ2v) is 3.99. The zero-order valence-corrected chi connectivity index (χ0v) is 10.1. The van der Waals surface area contributed by atoms with E-state index in [1.165, 1.54) is 0 Å². The van der Waals surface area contributed by atoms with Gasteiger partial charge in [-0.1, -0.05) is 0 Å². The molecule has 1 aromatic rings. The maximum absolute atomic E-state index is 10.4. The number of carbonyl (C=O) groups is 1. The van der Waals surface area contributed by atoms with Gasteiger partial charge >= 0.3 is 0 Å². The highest BCUT2D eigenvalue weighted by Gasteiger charge is 2.03. The van der Waals surface area contributed by atoms with E-state index in [0.717, 1.165) is 18.6 Å². The molecule has 1 heterocycles. The topological polar surface area (TPSA) is 77.5 Å². The van der Waals surface area contributed by atoms with Gasteiger partial charge in [-0.2, -0.15) is 0 Å². The fraction of sp³-hybridized carbons (Fsp3) is 0.583. The monoisotopic (exact) mass is 240 g/mol. The molecular weight excluding hydrogens is 220 g/mol. The molecule has 0 aliphatic rings. The first-order valence-corrected chi connectivity index (χ1v) is 5.80. The summed E-state index contributed by atoms with van der Waals surface area (Å²) in [4.78, 5) is 10.4. The minimum Gasteiger partial charge on any atom is -0.469 e.